The molecule has 0 radical (unpaired) electrons. The van der Waals surface area contributed by atoms with Crippen molar-refractivity contribution in [1.82, 2.24) is 0 Å². The van der Waals surface area contributed by atoms with Gasteiger partial charge in [-0.2, -0.15) is 0 Å². The van der Waals surface area contributed by atoms with E-state index < -0.39 is 30.7 Å². The van der Waals surface area contributed by atoms with Gasteiger partial charge in [0.2, 0.25) is 0 Å². The molecule has 0 bridgehead atoms. The van der Waals surface area contributed by atoms with Crippen LogP contribution in [0.1, 0.15) is 58.3 Å². The van der Waals surface area contributed by atoms with Gasteiger partial charge in [0.05, 0.1) is 13.2 Å². The Morgan fingerprint density at radius 3 is 2.20 bits per heavy atom. The smallest absolute Gasteiger partial charge is 0.187 e. The summed E-state index contributed by atoms with van der Waals surface area (Å²) >= 11 is 0. The van der Waals surface area contributed by atoms with Gasteiger partial charge in [-0.3, -0.25) is 0 Å². The molecule has 1 aliphatic rings. The first-order valence-corrected chi connectivity index (χ1v) is 9.62. The maximum atomic E-state index is 10.3. The molecule has 25 heavy (non-hydrogen) atoms. The Kier molecular flexibility index (Phi) is 12.3. The molecule has 0 spiro atoms. The number of unbranched alkanes of at least 4 members (excludes halogenated alkanes) is 7. The van der Waals surface area contributed by atoms with Gasteiger partial charge in [0.25, 0.3) is 0 Å². The number of aliphatic hydroxyl groups is 3. The second kappa shape index (κ2) is 13.7. The molecule has 1 rings (SSSR count). The lowest BCUT2D eigenvalue weighted by Crippen LogP contribution is -2.60. The Labute approximate surface area is 151 Å². The van der Waals surface area contributed by atoms with Crippen LogP contribution in [0.2, 0.25) is 0 Å². The van der Waals surface area contributed by atoms with E-state index in [2.05, 4.69) is 13.5 Å². The minimum Gasteiger partial charge on any atom is -0.394 e. The maximum Gasteiger partial charge on any atom is 0.187 e. The molecule has 0 amide bonds. The molecule has 0 aromatic carbocycles. The van der Waals surface area contributed by atoms with Crippen molar-refractivity contribution in [1.29, 1.82) is 0 Å². The molecule has 3 N–H and O–H groups in total. The Morgan fingerprint density at radius 1 is 0.960 bits per heavy atom. The van der Waals surface area contributed by atoms with Crippen molar-refractivity contribution >= 4 is 0 Å². The largest absolute Gasteiger partial charge is 0.394 e. The van der Waals surface area contributed by atoms with Crippen LogP contribution in [0.25, 0.3) is 0 Å². The minimum absolute atomic E-state index is 0.209. The van der Waals surface area contributed by atoms with Crippen molar-refractivity contribution < 1.29 is 29.5 Å². The molecule has 0 aromatic rings. The van der Waals surface area contributed by atoms with E-state index in [4.69, 9.17) is 14.2 Å². The standard InChI is InChI=1S/C19H36O6/c1-3-5-6-7-8-9-10-11-13-23-18-16(21)15(14-20)25-19(17(18)22)24-12-4-2/h4,15-22H,2-3,5-14H2,1H3. The highest BCUT2D eigenvalue weighted by Gasteiger charge is 2.45. The van der Waals surface area contributed by atoms with Gasteiger partial charge in [0, 0.05) is 6.61 Å². The zero-order chi connectivity index (χ0) is 18.5. The van der Waals surface area contributed by atoms with Gasteiger partial charge in [0.15, 0.2) is 6.29 Å². The lowest BCUT2D eigenvalue weighted by Gasteiger charge is -2.41. The molecule has 0 saturated carbocycles. The first-order chi connectivity index (χ1) is 12.2. The molecule has 0 aromatic heterocycles. The molecular formula is C19H36O6. The van der Waals surface area contributed by atoms with E-state index in [-0.39, 0.29) is 13.2 Å². The molecule has 1 fully saturated rings. The molecular weight excluding hydrogens is 324 g/mol. The monoisotopic (exact) mass is 360 g/mol. The van der Waals surface area contributed by atoms with Crippen molar-refractivity contribution in [2.45, 2.75) is 89.0 Å². The average Bonchev–Trinajstić information content (AvgIpc) is 2.62. The van der Waals surface area contributed by atoms with Crippen LogP contribution in [0.5, 0.6) is 0 Å². The molecule has 5 unspecified atom stereocenters. The molecule has 1 aliphatic heterocycles. The van der Waals surface area contributed by atoms with Gasteiger partial charge in [0.1, 0.15) is 24.4 Å². The SMILES string of the molecule is C=CCOC1OC(CO)C(O)C(OCCCCCCCCCC)C1O. The van der Waals surface area contributed by atoms with Crippen LogP contribution in [0.3, 0.4) is 0 Å². The fourth-order valence-electron chi connectivity index (χ4n) is 3.01. The van der Waals surface area contributed by atoms with Gasteiger partial charge in [-0.15, -0.1) is 6.58 Å². The van der Waals surface area contributed by atoms with Gasteiger partial charge in [-0.25, -0.2) is 0 Å². The van der Waals surface area contributed by atoms with Crippen molar-refractivity contribution in [3.05, 3.63) is 12.7 Å². The van der Waals surface area contributed by atoms with Crippen LogP contribution in [0.15, 0.2) is 12.7 Å². The van der Waals surface area contributed by atoms with Gasteiger partial charge in [-0.05, 0) is 6.42 Å². The second-order valence-corrected chi connectivity index (χ2v) is 6.64. The number of aliphatic hydroxyl groups excluding tert-OH is 3. The topological polar surface area (TPSA) is 88.4 Å². The molecule has 6 heteroatoms. The Bertz CT molecular complexity index is 338. The molecule has 1 heterocycles. The van der Waals surface area contributed by atoms with Crippen LogP contribution >= 0.6 is 0 Å². The van der Waals surface area contributed by atoms with Crippen LogP contribution < -0.4 is 0 Å². The van der Waals surface area contributed by atoms with E-state index in [0.29, 0.717) is 6.61 Å². The van der Waals surface area contributed by atoms with Crippen LogP contribution in [-0.4, -0.2) is 65.8 Å². The van der Waals surface area contributed by atoms with E-state index in [1.54, 1.807) is 6.08 Å². The Balaban J connectivity index is 2.29. The highest BCUT2D eigenvalue weighted by atomic mass is 16.7. The van der Waals surface area contributed by atoms with Crippen LogP contribution in [-0.2, 0) is 14.2 Å². The van der Waals surface area contributed by atoms with Crippen LogP contribution in [0.4, 0.5) is 0 Å². The summed E-state index contributed by atoms with van der Waals surface area (Å²) in [7, 11) is 0. The lowest BCUT2D eigenvalue weighted by molar-refractivity contribution is -0.305. The summed E-state index contributed by atoms with van der Waals surface area (Å²) in [5, 5.41) is 29.9. The molecule has 6 nitrogen and oxygen atoms in total. The number of rotatable bonds is 14. The predicted molar refractivity (Wildman–Crippen MR) is 96.3 cm³/mol. The fraction of sp³-hybridized carbons (Fsp3) is 0.895. The summed E-state index contributed by atoms with van der Waals surface area (Å²) in [6.07, 6.45) is 6.29. The van der Waals surface area contributed by atoms with Crippen molar-refractivity contribution in [2.24, 2.45) is 0 Å². The minimum atomic E-state index is -1.10. The third kappa shape index (κ3) is 8.15. The first-order valence-electron chi connectivity index (χ1n) is 9.62. The van der Waals surface area contributed by atoms with E-state index >= 15 is 0 Å². The normalized spacial score (nSPS) is 29.7. The third-order valence-corrected chi connectivity index (χ3v) is 4.51. The summed E-state index contributed by atoms with van der Waals surface area (Å²) in [5.74, 6) is 0. The molecule has 148 valence electrons. The summed E-state index contributed by atoms with van der Waals surface area (Å²) in [6.45, 7) is 6.07. The molecule has 0 aliphatic carbocycles. The summed E-state index contributed by atoms with van der Waals surface area (Å²) < 4.78 is 16.4. The van der Waals surface area contributed by atoms with E-state index in [0.717, 1.165) is 12.8 Å². The van der Waals surface area contributed by atoms with Crippen LogP contribution in [0, 0.1) is 0 Å². The number of hydrogen-bond donors (Lipinski definition) is 3. The maximum absolute atomic E-state index is 10.3. The van der Waals surface area contributed by atoms with Crippen molar-refractivity contribution in [3.63, 3.8) is 0 Å². The molecule has 5 atom stereocenters. The summed E-state index contributed by atoms with van der Waals surface area (Å²) in [5.41, 5.74) is 0. The first kappa shape index (κ1) is 22.5. The lowest BCUT2D eigenvalue weighted by atomic mass is 9.99. The number of hydrogen-bond acceptors (Lipinski definition) is 6. The number of ether oxygens (including phenoxy) is 3. The zero-order valence-electron chi connectivity index (χ0n) is 15.5. The second-order valence-electron chi connectivity index (χ2n) is 6.64. The van der Waals surface area contributed by atoms with Gasteiger partial charge >= 0.3 is 0 Å². The summed E-state index contributed by atoms with van der Waals surface area (Å²) in [6, 6.07) is 0. The van der Waals surface area contributed by atoms with Gasteiger partial charge in [-0.1, -0.05) is 57.9 Å². The van der Waals surface area contributed by atoms with Crippen molar-refractivity contribution in [3.8, 4) is 0 Å². The third-order valence-electron chi connectivity index (χ3n) is 4.51. The highest BCUT2D eigenvalue weighted by molar-refractivity contribution is 4.90. The summed E-state index contributed by atoms with van der Waals surface area (Å²) in [4.78, 5) is 0. The van der Waals surface area contributed by atoms with E-state index in [1.807, 2.05) is 0 Å². The van der Waals surface area contributed by atoms with E-state index in [1.165, 1.54) is 38.5 Å². The zero-order valence-corrected chi connectivity index (χ0v) is 15.5. The van der Waals surface area contributed by atoms with Gasteiger partial charge < -0.3 is 29.5 Å². The molecule has 1 saturated heterocycles. The Hall–Kier alpha value is -0.500. The Morgan fingerprint density at radius 2 is 1.60 bits per heavy atom. The predicted octanol–water partition coefficient (Wildman–Crippen LogP) is 2.15. The fourth-order valence-corrected chi connectivity index (χ4v) is 3.01. The highest BCUT2D eigenvalue weighted by Crippen LogP contribution is 2.24. The van der Waals surface area contributed by atoms with E-state index in [9.17, 15) is 15.3 Å². The quantitative estimate of drug-likeness (QED) is 0.325. The average molecular weight is 360 g/mol. The van der Waals surface area contributed by atoms with Crippen molar-refractivity contribution in [2.75, 3.05) is 19.8 Å².